The molecule has 2 aromatic rings. The van der Waals surface area contributed by atoms with E-state index in [9.17, 15) is 14.0 Å². The maximum absolute atomic E-state index is 13.1. The Kier molecular flexibility index (Phi) is 9.27. The highest BCUT2D eigenvalue weighted by Crippen LogP contribution is 2.29. The zero-order valence-electron chi connectivity index (χ0n) is 19.3. The first kappa shape index (κ1) is 25.2. The number of rotatable bonds is 9. The second-order valence-corrected chi connectivity index (χ2v) is 9.42. The van der Waals surface area contributed by atoms with Crippen LogP contribution >= 0.6 is 11.6 Å². The fourth-order valence-electron chi connectivity index (χ4n) is 4.23. The van der Waals surface area contributed by atoms with Crippen molar-refractivity contribution in [3.8, 4) is 0 Å². The standard InChI is InChI=1S/C26H33ClFN3O2/c1-18(2)25(30-17-29-24(32)12-5-19-3-10-23(28)11-4-19)26(33)31-15-13-21(14-16-31)20-6-8-22(27)9-7-20/h3-4,6-11,18,21,25,30H,5,12-17H2,1-2H3,(H,29,32)/t25-/m0/s1. The number of nitrogens with one attached hydrogen (secondary N) is 2. The normalized spacial score (nSPS) is 15.5. The topological polar surface area (TPSA) is 61.4 Å². The van der Waals surface area contributed by atoms with E-state index in [0.29, 0.717) is 18.8 Å². The second kappa shape index (κ2) is 12.1. The van der Waals surface area contributed by atoms with Crippen LogP contribution < -0.4 is 10.6 Å². The lowest BCUT2D eigenvalue weighted by Crippen LogP contribution is -2.53. The monoisotopic (exact) mass is 473 g/mol. The van der Waals surface area contributed by atoms with Crippen molar-refractivity contribution in [2.45, 2.75) is 51.5 Å². The second-order valence-electron chi connectivity index (χ2n) is 8.98. The third-order valence-corrected chi connectivity index (χ3v) is 6.49. The molecule has 2 N–H and O–H groups in total. The van der Waals surface area contributed by atoms with Crippen LogP contribution in [0.1, 0.15) is 50.2 Å². The van der Waals surface area contributed by atoms with E-state index in [4.69, 9.17) is 11.6 Å². The molecule has 5 nitrogen and oxygen atoms in total. The van der Waals surface area contributed by atoms with Gasteiger partial charge in [-0.2, -0.15) is 0 Å². The number of hydrogen-bond donors (Lipinski definition) is 2. The van der Waals surface area contributed by atoms with Crippen molar-refractivity contribution in [1.82, 2.24) is 15.5 Å². The molecule has 0 bridgehead atoms. The molecule has 2 amide bonds. The molecule has 0 aliphatic carbocycles. The van der Waals surface area contributed by atoms with Crippen molar-refractivity contribution >= 4 is 23.4 Å². The number of nitrogens with zero attached hydrogens (tertiary/aromatic N) is 1. The number of hydrogen-bond acceptors (Lipinski definition) is 3. The lowest BCUT2D eigenvalue weighted by Gasteiger charge is -2.35. The van der Waals surface area contributed by atoms with Gasteiger partial charge in [-0.3, -0.25) is 14.9 Å². The molecular formula is C26H33ClFN3O2. The van der Waals surface area contributed by atoms with Crippen LogP contribution in [0.25, 0.3) is 0 Å². The zero-order chi connectivity index (χ0) is 23.8. The summed E-state index contributed by atoms with van der Waals surface area (Å²) in [5, 5.41) is 6.79. The molecule has 0 aromatic heterocycles. The number of carbonyl (C=O) groups excluding carboxylic acids is 2. The minimum atomic E-state index is -0.352. The predicted octanol–water partition coefficient (Wildman–Crippen LogP) is 4.51. The third kappa shape index (κ3) is 7.54. The summed E-state index contributed by atoms with van der Waals surface area (Å²) in [5.74, 6) is 0.233. The van der Waals surface area contributed by atoms with Crippen molar-refractivity contribution in [3.05, 3.63) is 70.5 Å². The Morgan fingerprint density at radius 3 is 2.30 bits per heavy atom. The van der Waals surface area contributed by atoms with E-state index in [1.807, 2.05) is 30.9 Å². The fourth-order valence-corrected chi connectivity index (χ4v) is 4.36. The third-order valence-electron chi connectivity index (χ3n) is 6.24. The van der Waals surface area contributed by atoms with Gasteiger partial charge in [0.1, 0.15) is 5.82 Å². The van der Waals surface area contributed by atoms with Gasteiger partial charge in [-0.05, 0) is 66.5 Å². The number of likely N-dealkylation sites (tertiary alicyclic amines) is 1. The lowest BCUT2D eigenvalue weighted by molar-refractivity contribution is -0.136. The first-order valence-electron chi connectivity index (χ1n) is 11.6. The van der Waals surface area contributed by atoms with E-state index in [0.717, 1.165) is 36.5 Å². The van der Waals surface area contributed by atoms with E-state index < -0.39 is 0 Å². The molecule has 7 heteroatoms. The van der Waals surface area contributed by atoms with Crippen LogP contribution in [0.3, 0.4) is 0 Å². The minimum absolute atomic E-state index is 0.0834. The predicted molar refractivity (Wildman–Crippen MR) is 129 cm³/mol. The van der Waals surface area contributed by atoms with E-state index in [1.54, 1.807) is 12.1 Å². The highest BCUT2D eigenvalue weighted by atomic mass is 35.5. The van der Waals surface area contributed by atoms with Crippen molar-refractivity contribution in [2.75, 3.05) is 19.8 Å². The van der Waals surface area contributed by atoms with Crippen LogP contribution in [0.2, 0.25) is 5.02 Å². The van der Waals surface area contributed by atoms with Gasteiger partial charge in [0.05, 0.1) is 12.7 Å². The van der Waals surface area contributed by atoms with Gasteiger partial charge in [0.2, 0.25) is 11.8 Å². The SMILES string of the molecule is CC(C)[C@H](NCNC(=O)CCc1ccc(F)cc1)C(=O)N1CCC(c2ccc(Cl)cc2)CC1. The number of piperidine rings is 1. The molecule has 1 heterocycles. The highest BCUT2D eigenvalue weighted by molar-refractivity contribution is 6.30. The Morgan fingerprint density at radius 1 is 1.06 bits per heavy atom. The number of halogens is 2. The first-order valence-corrected chi connectivity index (χ1v) is 12.0. The zero-order valence-corrected chi connectivity index (χ0v) is 20.1. The summed E-state index contributed by atoms with van der Waals surface area (Å²) in [6, 6.07) is 13.8. The summed E-state index contributed by atoms with van der Waals surface area (Å²) >= 11 is 5.99. The van der Waals surface area contributed by atoms with Crippen LogP contribution in [-0.4, -0.2) is 42.5 Å². The fraction of sp³-hybridized carbons (Fsp3) is 0.462. The molecule has 1 aliphatic heterocycles. The molecule has 178 valence electrons. The molecular weight excluding hydrogens is 441 g/mol. The first-order chi connectivity index (χ1) is 15.8. The number of aryl methyl sites for hydroxylation is 1. The van der Waals surface area contributed by atoms with Crippen molar-refractivity contribution in [1.29, 1.82) is 0 Å². The molecule has 0 unspecified atom stereocenters. The summed E-state index contributed by atoms with van der Waals surface area (Å²) in [6.45, 7) is 5.69. The molecule has 1 atom stereocenters. The summed E-state index contributed by atoms with van der Waals surface area (Å²) in [5.41, 5.74) is 2.19. The average Bonchev–Trinajstić information content (AvgIpc) is 2.81. The molecule has 0 radical (unpaired) electrons. The van der Waals surface area contributed by atoms with Gasteiger partial charge in [-0.15, -0.1) is 0 Å². The molecule has 1 aliphatic rings. The number of amides is 2. The van der Waals surface area contributed by atoms with Crippen LogP contribution in [0.4, 0.5) is 4.39 Å². The van der Waals surface area contributed by atoms with Gasteiger partial charge < -0.3 is 10.2 Å². The number of benzene rings is 2. The Morgan fingerprint density at radius 2 is 1.70 bits per heavy atom. The van der Waals surface area contributed by atoms with Gasteiger partial charge in [-0.1, -0.05) is 49.7 Å². The van der Waals surface area contributed by atoms with E-state index >= 15 is 0 Å². The number of carbonyl (C=O) groups is 2. The molecule has 1 saturated heterocycles. The molecule has 0 spiro atoms. The molecule has 33 heavy (non-hydrogen) atoms. The van der Waals surface area contributed by atoms with Crippen molar-refractivity contribution < 1.29 is 14.0 Å². The lowest BCUT2D eigenvalue weighted by atomic mass is 9.89. The van der Waals surface area contributed by atoms with Crippen LogP contribution in [0, 0.1) is 11.7 Å². The molecule has 0 saturated carbocycles. The minimum Gasteiger partial charge on any atom is -0.344 e. The molecule has 2 aromatic carbocycles. The molecule has 1 fully saturated rings. The molecule has 3 rings (SSSR count). The summed E-state index contributed by atoms with van der Waals surface area (Å²) in [4.78, 5) is 27.2. The smallest absolute Gasteiger partial charge is 0.240 e. The quantitative estimate of drug-likeness (QED) is 0.527. The van der Waals surface area contributed by atoms with E-state index in [-0.39, 0.29) is 36.3 Å². The largest absolute Gasteiger partial charge is 0.344 e. The van der Waals surface area contributed by atoms with Crippen molar-refractivity contribution in [2.24, 2.45) is 5.92 Å². The average molecular weight is 474 g/mol. The van der Waals surface area contributed by atoms with E-state index in [2.05, 4.69) is 22.8 Å². The summed E-state index contributed by atoms with van der Waals surface area (Å²) in [7, 11) is 0. The summed E-state index contributed by atoms with van der Waals surface area (Å²) < 4.78 is 13.0. The Labute approximate surface area is 200 Å². The van der Waals surface area contributed by atoms with Crippen LogP contribution in [0.5, 0.6) is 0 Å². The van der Waals surface area contributed by atoms with Gasteiger partial charge in [0.15, 0.2) is 0 Å². The Hall–Kier alpha value is -2.44. The maximum atomic E-state index is 13.1. The van der Waals surface area contributed by atoms with E-state index in [1.165, 1.54) is 17.7 Å². The summed E-state index contributed by atoms with van der Waals surface area (Å²) in [6.07, 6.45) is 2.71. The Bertz CT molecular complexity index is 910. The van der Waals surface area contributed by atoms with Crippen LogP contribution in [-0.2, 0) is 16.0 Å². The maximum Gasteiger partial charge on any atom is 0.240 e. The highest BCUT2D eigenvalue weighted by Gasteiger charge is 2.30. The van der Waals surface area contributed by atoms with Gasteiger partial charge >= 0.3 is 0 Å². The van der Waals surface area contributed by atoms with Gasteiger partial charge in [0, 0.05) is 24.5 Å². The Balaban J connectivity index is 1.42. The van der Waals surface area contributed by atoms with Crippen LogP contribution in [0.15, 0.2) is 48.5 Å². The van der Waals surface area contributed by atoms with Gasteiger partial charge in [-0.25, -0.2) is 4.39 Å². The van der Waals surface area contributed by atoms with Gasteiger partial charge in [0.25, 0.3) is 0 Å². The van der Waals surface area contributed by atoms with Crippen molar-refractivity contribution in [3.63, 3.8) is 0 Å².